The van der Waals surface area contributed by atoms with E-state index >= 15 is 0 Å². The highest BCUT2D eigenvalue weighted by atomic mass is 15.2. The molecule has 0 bridgehead atoms. The fourth-order valence-corrected chi connectivity index (χ4v) is 22.6. The van der Waals surface area contributed by atoms with E-state index in [0.29, 0.717) is 5.92 Å². The predicted octanol–water partition coefficient (Wildman–Crippen LogP) is 35.5. The summed E-state index contributed by atoms with van der Waals surface area (Å²) >= 11 is 0. The van der Waals surface area contributed by atoms with E-state index in [1.807, 2.05) is 0 Å². The highest BCUT2D eigenvalue weighted by Gasteiger charge is 2.44. The van der Waals surface area contributed by atoms with Gasteiger partial charge in [0.15, 0.2) is 0 Å². The van der Waals surface area contributed by atoms with Crippen molar-refractivity contribution >= 4 is 85.1 Å². The van der Waals surface area contributed by atoms with Gasteiger partial charge in [0.2, 0.25) is 0 Å². The van der Waals surface area contributed by atoms with Crippen molar-refractivity contribution in [3.63, 3.8) is 0 Å². The molecule has 0 N–H and O–H groups in total. The first-order valence-electron chi connectivity index (χ1n) is 47.3. The number of anilines is 5. The lowest BCUT2D eigenvalue weighted by atomic mass is 9.65. The molecule has 0 aromatic heterocycles. The highest BCUT2D eigenvalue weighted by molar-refractivity contribution is 6.33. The maximum atomic E-state index is 2.51. The van der Waals surface area contributed by atoms with E-state index in [0.717, 1.165) is 71.3 Å². The van der Waals surface area contributed by atoms with E-state index in [9.17, 15) is 0 Å². The van der Waals surface area contributed by atoms with E-state index in [-0.39, 0.29) is 10.8 Å². The third-order valence-electron chi connectivity index (χ3n) is 29.4. The van der Waals surface area contributed by atoms with Crippen LogP contribution in [0.15, 0.2) is 455 Å². The zero-order valence-electron chi connectivity index (χ0n) is 75.5. The molecular formula is C130H104N2. The normalized spacial score (nSPS) is 14.0. The highest BCUT2D eigenvalue weighted by Crippen LogP contribution is 2.58. The minimum Gasteiger partial charge on any atom is -0.314 e. The van der Waals surface area contributed by atoms with Gasteiger partial charge < -0.3 is 9.80 Å². The van der Waals surface area contributed by atoms with Crippen LogP contribution in [0.1, 0.15) is 133 Å². The van der Waals surface area contributed by atoms with Crippen LogP contribution in [0.5, 0.6) is 0 Å². The van der Waals surface area contributed by atoms with Crippen LogP contribution in [0, 0.1) is 5.92 Å². The Morgan fingerprint density at radius 3 is 1.10 bits per heavy atom. The predicted molar refractivity (Wildman–Crippen MR) is 563 cm³/mol. The molecule has 0 saturated heterocycles. The summed E-state index contributed by atoms with van der Waals surface area (Å²) in [6, 6.07) is 162. The molecule has 1 unspecified atom stereocenters. The molecule has 3 aliphatic carbocycles. The van der Waals surface area contributed by atoms with Crippen molar-refractivity contribution in [2.24, 2.45) is 5.92 Å². The van der Waals surface area contributed by atoms with Crippen LogP contribution in [0.25, 0.3) is 135 Å². The fraction of sp³-hybridized carbons (Fsp3) is 0.108. The molecule has 19 aromatic carbocycles. The van der Waals surface area contributed by atoms with Crippen LogP contribution in [0.3, 0.4) is 0 Å². The zero-order chi connectivity index (χ0) is 88.9. The van der Waals surface area contributed by atoms with Crippen molar-refractivity contribution in [3.05, 3.63) is 521 Å². The van der Waals surface area contributed by atoms with Crippen molar-refractivity contribution in [3.8, 4) is 77.9 Å². The maximum Gasteiger partial charge on any atom is 0.0701 e. The number of rotatable bonds is 23. The summed E-state index contributed by atoms with van der Waals surface area (Å²) in [6.07, 6.45) is 21.1. The van der Waals surface area contributed by atoms with Gasteiger partial charge in [0.05, 0.1) is 5.41 Å². The Hall–Kier alpha value is -15.5. The molecule has 1 atom stereocenters. The van der Waals surface area contributed by atoms with E-state index in [2.05, 4.69) is 518 Å². The number of fused-ring (bicyclic) bond motifs is 12. The van der Waals surface area contributed by atoms with E-state index in [1.54, 1.807) is 0 Å². The summed E-state index contributed by atoms with van der Waals surface area (Å²) in [6.45, 7) is 11.8. The smallest absolute Gasteiger partial charge is 0.0701 e. The van der Waals surface area contributed by atoms with Crippen molar-refractivity contribution < 1.29 is 0 Å². The molecule has 132 heavy (non-hydrogen) atoms. The summed E-state index contributed by atoms with van der Waals surface area (Å²) in [5, 5.41) is 7.38. The molecule has 22 rings (SSSR count). The Balaban J connectivity index is 0.585. The van der Waals surface area contributed by atoms with Crippen LogP contribution >= 0.6 is 0 Å². The molecule has 0 radical (unpaired) electrons. The second-order valence-electron chi connectivity index (χ2n) is 36.2. The third kappa shape index (κ3) is 14.3. The minimum atomic E-state index is -0.672. The summed E-state index contributed by atoms with van der Waals surface area (Å²) in [5.41, 5.74) is 38.6. The second-order valence-corrected chi connectivity index (χ2v) is 36.2. The second kappa shape index (κ2) is 34.8. The Bertz CT molecular complexity index is 7550. The Labute approximate surface area is 777 Å². The number of para-hydroxylation sites is 3. The van der Waals surface area contributed by atoms with Crippen molar-refractivity contribution in [1.29, 1.82) is 0 Å². The molecule has 2 nitrogen and oxygen atoms in total. The Morgan fingerprint density at radius 1 is 0.265 bits per heavy atom. The summed E-state index contributed by atoms with van der Waals surface area (Å²) in [5.74, 6) is 0.404. The largest absolute Gasteiger partial charge is 0.314 e. The van der Waals surface area contributed by atoms with Gasteiger partial charge in [0.1, 0.15) is 0 Å². The fourth-order valence-electron chi connectivity index (χ4n) is 22.6. The Kier molecular flexibility index (Phi) is 21.7. The average molecular weight is 1690 g/mol. The van der Waals surface area contributed by atoms with Crippen LogP contribution in [0.4, 0.5) is 28.4 Å². The molecule has 0 heterocycles. The minimum absolute atomic E-state index is 0.104. The lowest BCUT2D eigenvalue weighted by Crippen LogP contribution is -2.31. The molecular weight excluding hydrogens is 1590 g/mol. The first kappa shape index (κ1) is 82.2. The van der Waals surface area contributed by atoms with Crippen LogP contribution < -0.4 is 9.80 Å². The van der Waals surface area contributed by atoms with Gasteiger partial charge in [-0.1, -0.05) is 429 Å². The first-order chi connectivity index (χ1) is 65.1. The van der Waals surface area contributed by atoms with Gasteiger partial charge in [0.25, 0.3) is 0 Å². The van der Waals surface area contributed by atoms with Crippen molar-refractivity contribution in [2.75, 3.05) is 9.80 Å². The Morgan fingerprint density at radius 2 is 0.621 bits per heavy atom. The lowest BCUT2D eigenvalue weighted by molar-refractivity contribution is 0.490. The van der Waals surface area contributed by atoms with E-state index in [4.69, 9.17) is 0 Å². The topological polar surface area (TPSA) is 6.48 Å². The number of benzene rings is 19. The molecule has 0 amide bonds. The van der Waals surface area contributed by atoms with E-state index < -0.39 is 5.41 Å². The average Bonchev–Trinajstić information content (AvgIpc) is 1.03. The van der Waals surface area contributed by atoms with Gasteiger partial charge in [-0.15, -0.1) is 0 Å². The van der Waals surface area contributed by atoms with Gasteiger partial charge in [-0.25, -0.2) is 0 Å². The maximum absolute atomic E-state index is 2.51. The number of allylic oxidation sites excluding steroid dienone is 4. The van der Waals surface area contributed by atoms with Crippen LogP contribution in [0.2, 0.25) is 0 Å². The first-order valence-corrected chi connectivity index (χ1v) is 47.3. The van der Waals surface area contributed by atoms with Crippen LogP contribution in [-0.4, -0.2) is 0 Å². The monoisotopic (exact) mass is 1690 g/mol. The standard InChI is InChI=1S/C130H104N2/c1-6-128(7-2)120-83-93(61-78-112(120)114-81-76-108(86-122(114)128)131(105-44-25-14-26-45-105)106-46-27-15-28-47-106)56-54-91-59-65-98(66-60-91)117-88-118(97-36-17-10-18-37-97)126-116-51-33-32-50-110(116)111-80-71-100(85-119(111)127(126)125(117)99-38-19-11-20-39-99)96-69-74-104(75-70-96)130(101-40-21-12-22-41-101,102-42-23-13-24-43-102)103-72-67-95(68-73-103)94-63-57-90(58-64-94)53-55-92-62-79-113-115-82-77-109(87-123(115)129(8-3,9-4)121(113)84-92)132(107-48-29-16-30-49-107)124-52-34-31-35-89(124)5/h10-34,36-89H,6-9,35H2,1-5H3. The third-order valence-corrected chi connectivity index (χ3v) is 29.4. The van der Waals surface area contributed by atoms with Gasteiger partial charge >= 0.3 is 0 Å². The molecule has 0 spiro atoms. The molecule has 19 aromatic rings. The molecule has 634 valence electrons. The summed E-state index contributed by atoms with van der Waals surface area (Å²) in [4.78, 5) is 4.88. The van der Waals surface area contributed by atoms with E-state index in [1.165, 1.54) is 172 Å². The van der Waals surface area contributed by atoms with Crippen molar-refractivity contribution in [2.45, 2.75) is 83.0 Å². The molecule has 0 fully saturated rings. The van der Waals surface area contributed by atoms with Gasteiger partial charge in [-0.3, -0.25) is 0 Å². The van der Waals surface area contributed by atoms with Gasteiger partial charge in [-0.05, 0) is 288 Å². The van der Waals surface area contributed by atoms with Crippen molar-refractivity contribution in [1.82, 2.24) is 0 Å². The number of hydrogen-bond acceptors (Lipinski definition) is 2. The molecule has 0 saturated carbocycles. The zero-order valence-corrected chi connectivity index (χ0v) is 75.5. The molecule has 0 aliphatic heterocycles. The number of hydrogen-bond donors (Lipinski definition) is 0. The van der Waals surface area contributed by atoms with Gasteiger partial charge in [0, 0.05) is 50.9 Å². The summed E-state index contributed by atoms with van der Waals surface area (Å²) in [7, 11) is 0. The molecule has 2 heteroatoms. The SMILES string of the molecule is CCC1(CC)c2cc(C=Cc3ccc(-c4ccc(C(c5ccccc5)(c5ccccc5)c5ccc(-c6ccc7c8ccccc8c8c(-c9ccccc9)cc(-c9ccc(C=Cc%10ccc%11c(c%10)C(CC)(CC)c%10cc(N(c%12ccccc%12)c%12ccccc%12)ccc%10-%11)cc9)c(-c9ccccc9)c8c7c6)cc5)cc4)cc3)ccc2-c2ccc(N(C3=CC=CCC3C)c3ccccc3)cc21. The number of nitrogens with zero attached hydrogens (tertiary/aromatic N) is 2. The van der Waals surface area contributed by atoms with Crippen LogP contribution in [-0.2, 0) is 16.2 Å². The lowest BCUT2D eigenvalue weighted by Gasteiger charge is -2.37. The summed E-state index contributed by atoms with van der Waals surface area (Å²) < 4.78 is 0. The quantitative estimate of drug-likeness (QED) is 0.0358. The van der Waals surface area contributed by atoms with Gasteiger partial charge in [-0.2, -0.15) is 0 Å². The molecule has 3 aliphatic rings.